The third-order valence-corrected chi connectivity index (χ3v) is 11.0. The summed E-state index contributed by atoms with van der Waals surface area (Å²) in [6.07, 6.45) is 3.91. The lowest BCUT2D eigenvalue weighted by Gasteiger charge is -2.28. The fourth-order valence-electron chi connectivity index (χ4n) is 7.80. The number of halogens is 3. The molecule has 310 valence electrons. The standard InChI is InChI=1S/C44H47F3N6O6/c1-43(2,58)32-23-34-28(22-35(32)50-40(55)33-10-7-12-37(49-33)44(45,46)47)25-53(52-34)29-17-13-27(14-18-29)24-48-21-5-3-4-8-26-15-19-30(20-16-26)59-36-11-6-9-31-38(36)41(56)51-42(57)39(31)54/h6-7,9-12,15-16,19-20,22-23,25,27,29,40,48,50,55,58H,3-5,8,13-14,17-18,21,24H2,1-2H3,(H,51,56,57)/t27-,29-,40?. The van der Waals surface area contributed by atoms with Gasteiger partial charge in [-0.2, -0.15) is 18.3 Å². The summed E-state index contributed by atoms with van der Waals surface area (Å²) in [5.41, 5.74) is 0.110. The molecular formula is C44H47F3N6O6. The van der Waals surface area contributed by atoms with Gasteiger partial charge in [-0.05, 0) is 132 Å². The molecule has 1 saturated carbocycles. The minimum absolute atomic E-state index is 0.0340. The number of carbonyl (C=O) groups excluding carboxylic acids is 3. The Balaban J connectivity index is 0.838. The first-order valence-electron chi connectivity index (χ1n) is 19.9. The molecule has 5 aromatic rings. The van der Waals surface area contributed by atoms with Gasteiger partial charge in [0.1, 0.15) is 17.2 Å². The van der Waals surface area contributed by atoms with Gasteiger partial charge in [-0.25, -0.2) is 4.98 Å². The van der Waals surface area contributed by atoms with Crippen LogP contribution in [0.1, 0.15) is 114 Å². The number of amides is 2. The molecule has 3 aromatic carbocycles. The second-order valence-corrected chi connectivity index (χ2v) is 15.8. The van der Waals surface area contributed by atoms with Gasteiger partial charge in [-0.3, -0.25) is 24.4 Å². The zero-order valence-electron chi connectivity index (χ0n) is 32.8. The summed E-state index contributed by atoms with van der Waals surface area (Å²) in [5.74, 6) is -1.06. The van der Waals surface area contributed by atoms with E-state index < -0.39 is 41.3 Å². The van der Waals surface area contributed by atoms with Gasteiger partial charge in [-0.15, -0.1) is 0 Å². The second-order valence-electron chi connectivity index (χ2n) is 15.8. The number of hydrogen-bond donors (Lipinski definition) is 5. The summed E-state index contributed by atoms with van der Waals surface area (Å²) in [5, 5.41) is 36.0. The fraction of sp³-hybridized carbons (Fsp3) is 0.386. The number of rotatable bonds is 15. The Kier molecular flexibility index (Phi) is 12.2. The maximum atomic E-state index is 13.2. The molecule has 2 aromatic heterocycles. The molecule has 1 atom stereocenters. The van der Waals surface area contributed by atoms with E-state index in [0.717, 1.165) is 75.9 Å². The second kappa shape index (κ2) is 17.3. The highest BCUT2D eigenvalue weighted by Crippen LogP contribution is 2.37. The molecule has 0 saturated heterocycles. The number of ether oxygens (including phenoxy) is 1. The zero-order valence-corrected chi connectivity index (χ0v) is 32.8. The number of pyridine rings is 1. The van der Waals surface area contributed by atoms with Crippen LogP contribution in [0.3, 0.4) is 0 Å². The number of imide groups is 1. The third kappa shape index (κ3) is 9.81. The van der Waals surface area contributed by atoms with Gasteiger partial charge in [0.2, 0.25) is 0 Å². The number of anilines is 1. The van der Waals surface area contributed by atoms with Gasteiger partial charge in [0.15, 0.2) is 6.23 Å². The van der Waals surface area contributed by atoms with Crippen molar-refractivity contribution in [3.8, 4) is 11.5 Å². The highest BCUT2D eigenvalue weighted by molar-refractivity contribution is 6.49. The van der Waals surface area contributed by atoms with E-state index in [0.29, 0.717) is 28.4 Å². The first-order valence-corrected chi connectivity index (χ1v) is 19.9. The summed E-state index contributed by atoms with van der Waals surface area (Å²) in [4.78, 5) is 39.9. The van der Waals surface area contributed by atoms with Gasteiger partial charge in [0.05, 0.1) is 28.4 Å². The van der Waals surface area contributed by atoms with E-state index in [4.69, 9.17) is 9.84 Å². The lowest BCUT2D eigenvalue weighted by molar-refractivity contribution is -0.141. The zero-order chi connectivity index (χ0) is 41.9. The SMILES string of the molecule is CC(C)(O)c1cc2nn([C@H]3CC[C@H](CNCCCCCc4ccc(Oc5cccc6c5C(=O)NC(=O)C6=O)cc4)CC3)cc2cc1NC(O)c1cccc(C(F)(F)F)n1. The number of aliphatic hydroxyl groups is 2. The van der Waals surface area contributed by atoms with Crippen LogP contribution in [0.5, 0.6) is 11.5 Å². The van der Waals surface area contributed by atoms with Crippen LogP contribution in [0, 0.1) is 5.92 Å². The Morgan fingerprint density at radius 3 is 2.41 bits per heavy atom. The van der Waals surface area contributed by atoms with Crippen molar-refractivity contribution in [2.75, 3.05) is 18.4 Å². The monoisotopic (exact) mass is 812 g/mol. The first kappa shape index (κ1) is 41.5. The predicted molar refractivity (Wildman–Crippen MR) is 214 cm³/mol. The first-order chi connectivity index (χ1) is 28.1. The van der Waals surface area contributed by atoms with Crippen molar-refractivity contribution in [2.45, 2.75) is 89.3 Å². The number of nitrogens with one attached hydrogen (secondary N) is 3. The molecule has 2 amide bonds. The number of benzene rings is 3. The summed E-state index contributed by atoms with van der Waals surface area (Å²) in [7, 11) is 0. The predicted octanol–water partition coefficient (Wildman–Crippen LogP) is 7.76. The molecule has 0 bridgehead atoms. The average molecular weight is 813 g/mol. The molecule has 0 spiro atoms. The van der Waals surface area contributed by atoms with Crippen molar-refractivity contribution < 1.29 is 42.5 Å². The highest BCUT2D eigenvalue weighted by Gasteiger charge is 2.34. The summed E-state index contributed by atoms with van der Waals surface area (Å²) < 4.78 is 47.6. The Morgan fingerprint density at radius 1 is 0.932 bits per heavy atom. The van der Waals surface area contributed by atoms with Crippen LogP contribution in [-0.4, -0.2) is 55.7 Å². The topological polar surface area (TPSA) is 168 Å². The maximum absolute atomic E-state index is 13.2. The summed E-state index contributed by atoms with van der Waals surface area (Å²) in [6, 6.07) is 19.3. The van der Waals surface area contributed by atoms with Crippen molar-refractivity contribution in [3.63, 3.8) is 0 Å². The molecule has 2 aliphatic rings. The number of nitrogens with zero attached hydrogens (tertiary/aromatic N) is 3. The van der Waals surface area contributed by atoms with E-state index in [1.807, 2.05) is 35.1 Å². The number of aromatic nitrogens is 3. The van der Waals surface area contributed by atoms with E-state index in [-0.39, 0.29) is 28.6 Å². The Labute approximate surface area is 339 Å². The normalized spacial score (nSPS) is 17.8. The number of carbonyl (C=O) groups is 3. The van der Waals surface area contributed by atoms with Gasteiger partial charge in [0, 0.05) is 28.4 Å². The van der Waals surface area contributed by atoms with Crippen LogP contribution in [0.25, 0.3) is 10.9 Å². The number of aliphatic hydroxyl groups excluding tert-OH is 1. The number of aryl methyl sites for hydroxylation is 1. The molecular weight excluding hydrogens is 766 g/mol. The molecule has 1 fully saturated rings. The van der Waals surface area contributed by atoms with Crippen molar-refractivity contribution in [2.24, 2.45) is 5.92 Å². The number of fused-ring (bicyclic) bond motifs is 2. The lowest BCUT2D eigenvalue weighted by atomic mass is 9.86. The van der Waals surface area contributed by atoms with Crippen LogP contribution < -0.4 is 20.7 Å². The molecule has 59 heavy (non-hydrogen) atoms. The van der Waals surface area contributed by atoms with Crippen LogP contribution in [0.15, 0.2) is 79.0 Å². The van der Waals surface area contributed by atoms with Crippen molar-refractivity contribution >= 4 is 34.2 Å². The molecule has 15 heteroatoms. The van der Waals surface area contributed by atoms with Crippen molar-refractivity contribution in [1.29, 1.82) is 0 Å². The molecule has 3 heterocycles. The molecule has 1 unspecified atom stereocenters. The van der Waals surface area contributed by atoms with Gasteiger partial charge < -0.3 is 25.6 Å². The molecule has 1 aliphatic carbocycles. The summed E-state index contributed by atoms with van der Waals surface area (Å²) in [6.45, 7) is 5.10. The van der Waals surface area contributed by atoms with Crippen LogP contribution in [0.2, 0.25) is 0 Å². The van der Waals surface area contributed by atoms with Gasteiger partial charge in [-0.1, -0.05) is 30.7 Å². The number of ketones is 1. The Bertz CT molecular complexity index is 2330. The van der Waals surface area contributed by atoms with Crippen molar-refractivity contribution in [1.82, 2.24) is 25.4 Å². The Hall–Kier alpha value is -5.64. The van der Waals surface area contributed by atoms with Crippen molar-refractivity contribution in [3.05, 3.63) is 113 Å². The van der Waals surface area contributed by atoms with Crippen LogP contribution in [0.4, 0.5) is 18.9 Å². The number of alkyl halides is 3. The number of Topliss-reactive ketones (excluding diaryl/α,β-unsaturated/α-hetero) is 1. The quantitative estimate of drug-likeness (QED) is 0.0305. The third-order valence-electron chi connectivity index (χ3n) is 11.0. The van der Waals surface area contributed by atoms with E-state index in [2.05, 4.69) is 20.9 Å². The maximum Gasteiger partial charge on any atom is 0.433 e. The van der Waals surface area contributed by atoms with E-state index in [9.17, 15) is 37.8 Å². The van der Waals surface area contributed by atoms with Crippen LogP contribution >= 0.6 is 0 Å². The molecule has 5 N–H and O–H groups in total. The molecule has 7 rings (SSSR count). The molecule has 1 aliphatic heterocycles. The minimum atomic E-state index is -4.65. The Morgan fingerprint density at radius 2 is 1.68 bits per heavy atom. The minimum Gasteiger partial charge on any atom is -0.457 e. The van der Waals surface area contributed by atoms with E-state index in [1.165, 1.54) is 23.8 Å². The molecule has 12 nitrogen and oxygen atoms in total. The van der Waals surface area contributed by atoms with Crippen LogP contribution in [-0.2, 0) is 23.0 Å². The lowest BCUT2D eigenvalue weighted by Crippen LogP contribution is -2.42. The smallest absolute Gasteiger partial charge is 0.433 e. The largest absolute Gasteiger partial charge is 0.457 e. The molecule has 0 radical (unpaired) electrons. The summed E-state index contributed by atoms with van der Waals surface area (Å²) >= 11 is 0. The van der Waals surface area contributed by atoms with E-state index in [1.54, 1.807) is 38.1 Å². The fourth-order valence-corrected chi connectivity index (χ4v) is 7.80. The average Bonchev–Trinajstić information content (AvgIpc) is 3.62. The number of hydrogen-bond acceptors (Lipinski definition) is 10. The number of unbranched alkanes of at least 4 members (excludes halogenated alkanes) is 2. The highest BCUT2D eigenvalue weighted by atomic mass is 19.4. The van der Waals surface area contributed by atoms with Gasteiger partial charge in [0.25, 0.3) is 17.6 Å². The van der Waals surface area contributed by atoms with Gasteiger partial charge >= 0.3 is 6.18 Å². The van der Waals surface area contributed by atoms with E-state index >= 15 is 0 Å².